The van der Waals surface area contributed by atoms with Gasteiger partial charge in [0, 0.05) is 17.8 Å². The standard InChI is InChI=1S/C20H20N2O/c1-23-20-13-12-16(14-19(20)17-8-4-2-5-9-17)15-21-22-18-10-6-3-7-11-18/h2-14,21-22H,15H2,1H3. The van der Waals surface area contributed by atoms with E-state index in [-0.39, 0.29) is 0 Å². The van der Waals surface area contributed by atoms with Crippen LogP contribution in [0.2, 0.25) is 0 Å². The maximum Gasteiger partial charge on any atom is 0.126 e. The van der Waals surface area contributed by atoms with Crippen LogP contribution in [0.25, 0.3) is 11.1 Å². The molecule has 3 heteroatoms. The number of anilines is 1. The van der Waals surface area contributed by atoms with Gasteiger partial charge in [0.1, 0.15) is 5.75 Å². The largest absolute Gasteiger partial charge is 0.496 e. The Bertz CT molecular complexity index is 742. The number of hydrazine groups is 1. The lowest BCUT2D eigenvalue weighted by Gasteiger charge is -2.12. The third kappa shape index (κ3) is 3.90. The minimum Gasteiger partial charge on any atom is -0.496 e. The van der Waals surface area contributed by atoms with Crippen molar-refractivity contribution in [1.82, 2.24) is 5.43 Å². The van der Waals surface area contributed by atoms with E-state index in [0.29, 0.717) is 0 Å². The first kappa shape index (κ1) is 15.1. The summed E-state index contributed by atoms with van der Waals surface area (Å²) in [6.07, 6.45) is 0. The number of hydrogen-bond donors (Lipinski definition) is 2. The van der Waals surface area contributed by atoms with Crippen molar-refractivity contribution in [1.29, 1.82) is 0 Å². The number of ether oxygens (including phenoxy) is 1. The molecule has 0 atom stereocenters. The zero-order chi connectivity index (χ0) is 15.9. The van der Waals surface area contributed by atoms with Crippen LogP contribution in [0.15, 0.2) is 78.9 Å². The molecular weight excluding hydrogens is 284 g/mol. The third-order valence-corrected chi connectivity index (χ3v) is 3.65. The molecule has 0 bridgehead atoms. The van der Waals surface area contributed by atoms with Crippen molar-refractivity contribution in [3.8, 4) is 16.9 Å². The van der Waals surface area contributed by atoms with Crippen molar-refractivity contribution in [2.24, 2.45) is 0 Å². The summed E-state index contributed by atoms with van der Waals surface area (Å²) in [6, 6.07) is 26.6. The molecule has 0 amide bonds. The summed E-state index contributed by atoms with van der Waals surface area (Å²) in [5, 5.41) is 0. The lowest BCUT2D eigenvalue weighted by Crippen LogP contribution is -2.20. The molecule has 116 valence electrons. The number of rotatable bonds is 6. The highest BCUT2D eigenvalue weighted by atomic mass is 16.5. The Labute approximate surface area is 136 Å². The summed E-state index contributed by atoms with van der Waals surface area (Å²) in [4.78, 5) is 0. The number of hydrogen-bond acceptors (Lipinski definition) is 3. The number of methoxy groups -OCH3 is 1. The van der Waals surface area contributed by atoms with E-state index >= 15 is 0 Å². The van der Waals surface area contributed by atoms with Crippen molar-refractivity contribution >= 4 is 5.69 Å². The smallest absolute Gasteiger partial charge is 0.126 e. The molecule has 2 N–H and O–H groups in total. The Morgan fingerprint density at radius 1 is 0.826 bits per heavy atom. The Morgan fingerprint density at radius 2 is 1.52 bits per heavy atom. The SMILES string of the molecule is COc1ccc(CNNc2ccccc2)cc1-c1ccccc1. The van der Waals surface area contributed by atoms with Gasteiger partial charge in [0.25, 0.3) is 0 Å². The minimum atomic E-state index is 0.721. The molecule has 0 aromatic heterocycles. The average molecular weight is 304 g/mol. The summed E-state index contributed by atoms with van der Waals surface area (Å²) in [5.74, 6) is 0.885. The molecule has 3 nitrogen and oxygen atoms in total. The van der Waals surface area contributed by atoms with E-state index < -0.39 is 0 Å². The topological polar surface area (TPSA) is 33.3 Å². The zero-order valence-electron chi connectivity index (χ0n) is 13.1. The van der Waals surface area contributed by atoms with Gasteiger partial charge in [-0.05, 0) is 35.4 Å². The lowest BCUT2D eigenvalue weighted by atomic mass is 10.0. The van der Waals surface area contributed by atoms with Crippen LogP contribution in [-0.4, -0.2) is 7.11 Å². The molecule has 0 aliphatic carbocycles. The van der Waals surface area contributed by atoms with E-state index in [1.165, 1.54) is 5.56 Å². The van der Waals surface area contributed by atoms with Gasteiger partial charge in [-0.25, -0.2) is 5.43 Å². The Kier molecular flexibility index (Phi) is 4.92. The van der Waals surface area contributed by atoms with Crippen molar-refractivity contribution in [3.63, 3.8) is 0 Å². The predicted octanol–water partition coefficient (Wildman–Crippen LogP) is 4.48. The molecule has 0 spiro atoms. The molecule has 3 aromatic rings. The molecule has 0 aliphatic heterocycles. The highest BCUT2D eigenvalue weighted by Gasteiger charge is 2.06. The van der Waals surface area contributed by atoms with E-state index in [9.17, 15) is 0 Å². The molecule has 0 radical (unpaired) electrons. The van der Waals surface area contributed by atoms with Crippen LogP contribution in [0, 0.1) is 0 Å². The molecular formula is C20H20N2O. The highest BCUT2D eigenvalue weighted by Crippen LogP contribution is 2.30. The van der Waals surface area contributed by atoms with Crippen LogP contribution >= 0.6 is 0 Å². The number of para-hydroxylation sites is 1. The van der Waals surface area contributed by atoms with E-state index in [0.717, 1.165) is 29.1 Å². The van der Waals surface area contributed by atoms with Crippen LogP contribution in [0.1, 0.15) is 5.56 Å². The van der Waals surface area contributed by atoms with Crippen molar-refractivity contribution < 1.29 is 4.74 Å². The summed E-state index contributed by atoms with van der Waals surface area (Å²) in [6.45, 7) is 0.721. The van der Waals surface area contributed by atoms with Gasteiger partial charge in [-0.15, -0.1) is 0 Å². The van der Waals surface area contributed by atoms with Gasteiger partial charge in [-0.3, -0.25) is 0 Å². The molecule has 0 unspecified atom stereocenters. The predicted molar refractivity (Wildman–Crippen MR) is 95.3 cm³/mol. The quantitative estimate of drug-likeness (QED) is 0.659. The van der Waals surface area contributed by atoms with Gasteiger partial charge < -0.3 is 10.2 Å². The van der Waals surface area contributed by atoms with Crippen LogP contribution < -0.4 is 15.6 Å². The van der Waals surface area contributed by atoms with Crippen molar-refractivity contribution in [2.45, 2.75) is 6.54 Å². The fraction of sp³-hybridized carbons (Fsp3) is 0.100. The Morgan fingerprint density at radius 3 is 2.22 bits per heavy atom. The molecule has 0 saturated carbocycles. The van der Waals surface area contributed by atoms with Gasteiger partial charge in [0.2, 0.25) is 0 Å². The highest BCUT2D eigenvalue weighted by molar-refractivity contribution is 5.71. The molecule has 0 saturated heterocycles. The number of nitrogens with one attached hydrogen (secondary N) is 2. The van der Waals surface area contributed by atoms with Gasteiger partial charge in [0.15, 0.2) is 0 Å². The zero-order valence-corrected chi connectivity index (χ0v) is 13.1. The molecule has 0 fully saturated rings. The summed E-state index contributed by atoms with van der Waals surface area (Å²) in [7, 11) is 1.71. The summed E-state index contributed by atoms with van der Waals surface area (Å²) < 4.78 is 5.49. The second-order valence-corrected chi connectivity index (χ2v) is 5.25. The summed E-state index contributed by atoms with van der Waals surface area (Å²) in [5.41, 5.74) is 10.9. The third-order valence-electron chi connectivity index (χ3n) is 3.65. The van der Waals surface area contributed by atoms with Crippen LogP contribution in [0.5, 0.6) is 5.75 Å². The van der Waals surface area contributed by atoms with Crippen molar-refractivity contribution in [3.05, 3.63) is 84.4 Å². The fourth-order valence-corrected chi connectivity index (χ4v) is 2.48. The fourth-order valence-electron chi connectivity index (χ4n) is 2.48. The van der Waals surface area contributed by atoms with Gasteiger partial charge in [-0.2, -0.15) is 0 Å². The maximum atomic E-state index is 5.49. The van der Waals surface area contributed by atoms with E-state index in [1.807, 2.05) is 54.6 Å². The Hall–Kier alpha value is -2.78. The van der Waals surface area contributed by atoms with E-state index in [1.54, 1.807) is 7.11 Å². The monoisotopic (exact) mass is 304 g/mol. The molecule has 0 heterocycles. The first-order valence-electron chi connectivity index (χ1n) is 7.63. The van der Waals surface area contributed by atoms with Gasteiger partial charge in [-0.1, -0.05) is 54.6 Å². The normalized spacial score (nSPS) is 10.3. The molecule has 0 aliphatic rings. The second kappa shape index (κ2) is 7.47. The van der Waals surface area contributed by atoms with E-state index in [2.05, 4.69) is 35.1 Å². The number of benzene rings is 3. The van der Waals surface area contributed by atoms with Gasteiger partial charge >= 0.3 is 0 Å². The first-order chi connectivity index (χ1) is 11.4. The van der Waals surface area contributed by atoms with Crippen LogP contribution in [0.3, 0.4) is 0 Å². The van der Waals surface area contributed by atoms with Crippen LogP contribution in [0.4, 0.5) is 5.69 Å². The molecule has 3 aromatic carbocycles. The maximum absolute atomic E-state index is 5.49. The van der Waals surface area contributed by atoms with Gasteiger partial charge in [0.05, 0.1) is 7.11 Å². The summed E-state index contributed by atoms with van der Waals surface area (Å²) >= 11 is 0. The minimum absolute atomic E-state index is 0.721. The molecule has 3 rings (SSSR count). The Balaban J connectivity index is 1.73. The average Bonchev–Trinajstić information content (AvgIpc) is 2.63. The lowest BCUT2D eigenvalue weighted by molar-refractivity contribution is 0.416. The molecule has 23 heavy (non-hydrogen) atoms. The van der Waals surface area contributed by atoms with Crippen molar-refractivity contribution in [2.75, 3.05) is 12.5 Å². The van der Waals surface area contributed by atoms with E-state index in [4.69, 9.17) is 4.74 Å². The second-order valence-electron chi connectivity index (χ2n) is 5.25. The first-order valence-corrected chi connectivity index (χ1v) is 7.63. The van der Waals surface area contributed by atoms with Crippen LogP contribution in [-0.2, 0) is 6.54 Å².